The number of fused-ring (bicyclic) bond motifs is 1. The first-order valence-corrected chi connectivity index (χ1v) is 9.44. The summed E-state index contributed by atoms with van der Waals surface area (Å²) in [5, 5.41) is 0.977. The lowest BCUT2D eigenvalue weighted by atomic mass is 9.95. The van der Waals surface area contributed by atoms with Crippen LogP contribution in [0.15, 0.2) is 24.8 Å². The van der Waals surface area contributed by atoms with E-state index in [1.807, 2.05) is 31.7 Å². The molecule has 0 atom stereocenters. The summed E-state index contributed by atoms with van der Waals surface area (Å²) in [4.78, 5) is 26.0. The maximum absolute atomic E-state index is 14.8. The lowest BCUT2D eigenvalue weighted by Crippen LogP contribution is -2.47. The van der Waals surface area contributed by atoms with Crippen molar-refractivity contribution >= 4 is 22.5 Å². The predicted molar refractivity (Wildman–Crippen MR) is 107 cm³/mol. The van der Waals surface area contributed by atoms with Crippen LogP contribution in [0.25, 0.3) is 10.9 Å². The van der Waals surface area contributed by atoms with Gasteiger partial charge in [-0.2, -0.15) is 0 Å². The molecule has 1 fully saturated rings. The quantitative estimate of drug-likeness (QED) is 0.676. The topological polar surface area (TPSA) is 70.9 Å². The number of hydrogen-bond donors (Lipinski definition) is 0. The maximum Gasteiger partial charge on any atom is 0.186 e. The fourth-order valence-electron chi connectivity index (χ4n) is 3.36. The summed E-state index contributed by atoms with van der Waals surface area (Å²) in [6.45, 7) is 10.6. The van der Waals surface area contributed by atoms with Crippen LogP contribution in [0.3, 0.4) is 0 Å². The molecule has 7 nitrogen and oxygen atoms in total. The van der Waals surface area contributed by atoms with Gasteiger partial charge in [0.2, 0.25) is 0 Å². The lowest BCUT2D eigenvalue weighted by Gasteiger charge is -2.37. The van der Waals surface area contributed by atoms with Crippen LogP contribution >= 0.6 is 0 Å². The third-order valence-corrected chi connectivity index (χ3v) is 4.97. The minimum Gasteiger partial charge on any atom is -0.352 e. The van der Waals surface area contributed by atoms with E-state index < -0.39 is 0 Å². The van der Waals surface area contributed by atoms with Gasteiger partial charge in [0.15, 0.2) is 11.6 Å². The molecule has 0 amide bonds. The van der Waals surface area contributed by atoms with Crippen LogP contribution in [0.2, 0.25) is 0 Å². The van der Waals surface area contributed by atoms with Crippen molar-refractivity contribution in [2.24, 2.45) is 0 Å². The Kier molecular flexibility index (Phi) is 4.56. The molecule has 146 valence electrons. The molecule has 0 N–H and O–H groups in total. The van der Waals surface area contributed by atoms with Crippen LogP contribution < -0.4 is 9.80 Å². The Bertz CT molecular complexity index is 1000. The second-order valence-electron chi connectivity index (χ2n) is 8.08. The highest BCUT2D eigenvalue weighted by Crippen LogP contribution is 2.28. The van der Waals surface area contributed by atoms with Gasteiger partial charge in [-0.15, -0.1) is 0 Å². The molecule has 0 aliphatic carbocycles. The predicted octanol–water partition coefficient (Wildman–Crippen LogP) is 2.89. The minimum absolute atomic E-state index is 0.233. The van der Waals surface area contributed by atoms with Crippen molar-refractivity contribution in [3.05, 3.63) is 42.1 Å². The molecule has 28 heavy (non-hydrogen) atoms. The summed E-state index contributed by atoms with van der Waals surface area (Å²) in [5.41, 5.74) is 0.983. The van der Waals surface area contributed by atoms with E-state index in [1.165, 1.54) is 0 Å². The van der Waals surface area contributed by atoms with Crippen molar-refractivity contribution in [3.8, 4) is 0 Å². The second kappa shape index (κ2) is 6.92. The zero-order valence-corrected chi connectivity index (χ0v) is 16.6. The molecule has 0 unspecified atom stereocenters. The van der Waals surface area contributed by atoms with Crippen LogP contribution in [0.1, 0.15) is 32.3 Å². The number of anilines is 2. The molecular weight excluding hydrogens is 357 g/mol. The first-order valence-electron chi connectivity index (χ1n) is 9.44. The summed E-state index contributed by atoms with van der Waals surface area (Å²) in [7, 11) is 0. The normalized spacial score (nSPS) is 15.3. The number of nitrogens with zero attached hydrogens (tertiary/aromatic N) is 7. The molecule has 0 aromatic carbocycles. The summed E-state index contributed by atoms with van der Waals surface area (Å²) in [6.07, 6.45) is 5.05. The average molecular weight is 381 g/mol. The Hall–Kier alpha value is -2.90. The van der Waals surface area contributed by atoms with E-state index in [0.29, 0.717) is 30.4 Å². The zero-order valence-electron chi connectivity index (χ0n) is 16.6. The zero-order chi connectivity index (χ0) is 19.9. The van der Waals surface area contributed by atoms with Crippen LogP contribution in [0.5, 0.6) is 0 Å². The lowest BCUT2D eigenvalue weighted by molar-refractivity contribution is 0.516. The average Bonchev–Trinajstić information content (AvgIpc) is 2.69. The third kappa shape index (κ3) is 3.34. The molecule has 3 aromatic rings. The number of aryl methyl sites for hydroxylation is 1. The van der Waals surface area contributed by atoms with Gasteiger partial charge in [0.25, 0.3) is 0 Å². The van der Waals surface area contributed by atoms with E-state index >= 15 is 0 Å². The van der Waals surface area contributed by atoms with Gasteiger partial charge in [-0.25, -0.2) is 24.3 Å². The molecule has 1 saturated heterocycles. The van der Waals surface area contributed by atoms with Gasteiger partial charge in [-0.3, -0.25) is 4.98 Å². The number of halogens is 1. The van der Waals surface area contributed by atoms with E-state index in [1.54, 1.807) is 25.6 Å². The molecule has 0 saturated carbocycles. The molecule has 3 aromatic heterocycles. The summed E-state index contributed by atoms with van der Waals surface area (Å²) in [6, 6.07) is 1.93. The van der Waals surface area contributed by atoms with E-state index in [2.05, 4.69) is 29.8 Å². The molecule has 0 bridgehead atoms. The molecule has 1 aliphatic rings. The van der Waals surface area contributed by atoms with Crippen molar-refractivity contribution in [3.63, 3.8) is 0 Å². The van der Waals surface area contributed by atoms with Crippen molar-refractivity contribution in [2.45, 2.75) is 33.1 Å². The molecular formula is C20H24FN7. The molecule has 0 spiro atoms. The number of hydrogen-bond acceptors (Lipinski definition) is 7. The molecule has 0 radical (unpaired) electrons. The summed E-state index contributed by atoms with van der Waals surface area (Å²) < 4.78 is 14.8. The summed E-state index contributed by atoms with van der Waals surface area (Å²) >= 11 is 0. The van der Waals surface area contributed by atoms with Gasteiger partial charge < -0.3 is 9.80 Å². The minimum atomic E-state index is -0.333. The van der Waals surface area contributed by atoms with E-state index in [9.17, 15) is 4.39 Å². The van der Waals surface area contributed by atoms with Gasteiger partial charge >= 0.3 is 0 Å². The number of rotatable bonds is 2. The second-order valence-corrected chi connectivity index (χ2v) is 8.08. The highest BCUT2D eigenvalue weighted by Gasteiger charge is 2.27. The third-order valence-electron chi connectivity index (χ3n) is 4.97. The van der Waals surface area contributed by atoms with Crippen molar-refractivity contribution in [1.82, 2.24) is 24.9 Å². The molecule has 1 aliphatic heterocycles. The van der Waals surface area contributed by atoms with Crippen molar-refractivity contribution in [2.75, 3.05) is 36.0 Å². The first-order chi connectivity index (χ1) is 13.3. The van der Waals surface area contributed by atoms with Crippen LogP contribution in [0, 0.1) is 12.7 Å². The van der Waals surface area contributed by atoms with E-state index in [4.69, 9.17) is 0 Å². The van der Waals surface area contributed by atoms with Crippen molar-refractivity contribution < 1.29 is 4.39 Å². The standard InChI is InChI=1S/C20H24FN7/c1-13-16(21)18(26-19(25-13)20(2,3)4)28-9-7-27(8-10-28)17-14-5-6-22-11-15(14)23-12-24-17/h5-6,11-12H,7-10H2,1-4H3. The highest BCUT2D eigenvalue weighted by molar-refractivity contribution is 5.88. The molecule has 8 heteroatoms. The summed E-state index contributed by atoms with van der Waals surface area (Å²) in [5.74, 6) is 1.62. The van der Waals surface area contributed by atoms with E-state index in [-0.39, 0.29) is 11.2 Å². The van der Waals surface area contributed by atoms with E-state index in [0.717, 1.165) is 29.8 Å². The fourth-order valence-corrected chi connectivity index (χ4v) is 3.36. The van der Waals surface area contributed by atoms with Gasteiger partial charge in [-0.1, -0.05) is 20.8 Å². The smallest absolute Gasteiger partial charge is 0.186 e. The number of pyridine rings is 1. The molecule has 4 heterocycles. The Morgan fingerprint density at radius 1 is 0.964 bits per heavy atom. The van der Waals surface area contributed by atoms with Gasteiger partial charge in [0.1, 0.15) is 18.0 Å². The van der Waals surface area contributed by atoms with Gasteiger partial charge in [0.05, 0.1) is 17.4 Å². The number of piperazine rings is 1. The Morgan fingerprint density at radius 2 is 1.64 bits per heavy atom. The largest absolute Gasteiger partial charge is 0.352 e. The van der Waals surface area contributed by atoms with Crippen LogP contribution in [0.4, 0.5) is 16.0 Å². The van der Waals surface area contributed by atoms with Gasteiger partial charge in [-0.05, 0) is 13.0 Å². The SMILES string of the molecule is Cc1nc(C(C)(C)C)nc(N2CCN(c3ncnc4cnccc34)CC2)c1F. The van der Waals surface area contributed by atoms with Crippen LogP contribution in [-0.2, 0) is 5.41 Å². The Morgan fingerprint density at radius 3 is 2.32 bits per heavy atom. The first kappa shape index (κ1) is 18.5. The van der Waals surface area contributed by atoms with Crippen molar-refractivity contribution in [1.29, 1.82) is 0 Å². The van der Waals surface area contributed by atoms with Gasteiger partial charge in [0, 0.05) is 43.2 Å². The Labute approximate surface area is 163 Å². The monoisotopic (exact) mass is 381 g/mol. The number of aromatic nitrogens is 5. The maximum atomic E-state index is 14.8. The van der Waals surface area contributed by atoms with Crippen LogP contribution in [-0.4, -0.2) is 51.1 Å². The molecule has 4 rings (SSSR count). The Balaban J connectivity index is 1.59. The fraction of sp³-hybridized carbons (Fsp3) is 0.450. The highest BCUT2D eigenvalue weighted by atomic mass is 19.1.